The highest BCUT2D eigenvalue weighted by Crippen LogP contribution is 2.21. The van der Waals surface area contributed by atoms with Gasteiger partial charge in [0.2, 0.25) is 0 Å². The Hall–Kier alpha value is -3.67. The van der Waals surface area contributed by atoms with Crippen LogP contribution >= 0.6 is 0 Å². The Morgan fingerprint density at radius 2 is 1.76 bits per heavy atom. The van der Waals surface area contributed by atoms with E-state index in [1.165, 1.54) is 0 Å². The lowest BCUT2D eigenvalue weighted by Crippen LogP contribution is -2.25. The van der Waals surface area contributed by atoms with Crippen molar-refractivity contribution in [1.82, 2.24) is 10.3 Å². The van der Waals surface area contributed by atoms with Crippen LogP contribution in [0.1, 0.15) is 39.1 Å². The summed E-state index contributed by atoms with van der Waals surface area (Å²) in [5.74, 6) is 0.213. The van der Waals surface area contributed by atoms with E-state index in [-0.39, 0.29) is 17.9 Å². The van der Waals surface area contributed by atoms with Gasteiger partial charge in [0.25, 0.3) is 11.8 Å². The summed E-state index contributed by atoms with van der Waals surface area (Å²) < 4.78 is 5.75. The number of rotatable bonds is 7. The number of pyridine rings is 1. The molecule has 0 aliphatic heterocycles. The molecule has 1 aromatic heterocycles. The summed E-state index contributed by atoms with van der Waals surface area (Å²) >= 11 is 0. The molecule has 146 valence electrons. The standard InChI is InChI=1S/C23H21N3O3/c27-22(25-19-9-10-19)17-5-1-7-20(12-17)26-23(28)18-6-2-8-21(13-18)29-15-16-4-3-11-24-14-16/h1-8,11-14,19H,9-10,15H2,(H,25,27)(H,26,28). The number of carbonyl (C=O) groups is 2. The highest BCUT2D eigenvalue weighted by Gasteiger charge is 2.23. The van der Waals surface area contributed by atoms with Gasteiger partial charge in [0.15, 0.2) is 0 Å². The lowest BCUT2D eigenvalue weighted by Gasteiger charge is -2.10. The third-order valence-corrected chi connectivity index (χ3v) is 4.52. The Kier molecular flexibility index (Phi) is 5.52. The molecule has 0 atom stereocenters. The molecule has 1 aliphatic rings. The maximum absolute atomic E-state index is 12.6. The van der Waals surface area contributed by atoms with E-state index >= 15 is 0 Å². The molecular formula is C23H21N3O3. The van der Waals surface area contributed by atoms with Gasteiger partial charge in [-0.3, -0.25) is 14.6 Å². The zero-order valence-electron chi connectivity index (χ0n) is 15.8. The van der Waals surface area contributed by atoms with Gasteiger partial charge in [0.05, 0.1) is 0 Å². The van der Waals surface area contributed by atoms with Crippen LogP contribution in [0, 0.1) is 0 Å². The number of anilines is 1. The minimum atomic E-state index is -0.267. The summed E-state index contributed by atoms with van der Waals surface area (Å²) in [6.07, 6.45) is 5.50. The fourth-order valence-corrected chi connectivity index (χ4v) is 2.82. The van der Waals surface area contributed by atoms with Crippen LogP contribution in [-0.2, 0) is 6.61 Å². The second kappa shape index (κ2) is 8.56. The van der Waals surface area contributed by atoms with Gasteiger partial charge >= 0.3 is 0 Å². The van der Waals surface area contributed by atoms with Crippen molar-refractivity contribution in [1.29, 1.82) is 0 Å². The molecule has 1 saturated carbocycles. The van der Waals surface area contributed by atoms with Crippen LogP contribution in [-0.4, -0.2) is 22.8 Å². The van der Waals surface area contributed by atoms with Gasteiger partial charge in [0, 0.05) is 40.8 Å². The molecule has 0 unspecified atom stereocenters. The molecule has 2 N–H and O–H groups in total. The number of benzene rings is 2. The van der Waals surface area contributed by atoms with Crippen LogP contribution in [0.3, 0.4) is 0 Å². The largest absolute Gasteiger partial charge is 0.489 e. The number of hydrogen-bond donors (Lipinski definition) is 2. The molecule has 1 heterocycles. The zero-order chi connectivity index (χ0) is 20.1. The summed E-state index contributed by atoms with van der Waals surface area (Å²) in [5, 5.41) is 5.78. The van der Waals surface area contributed by atoms with Crippen molar-refractivity contribution in [3.63, 3.8) is 0 Å². The molecular weight excluding hydrogens is 366 g/mol. The molecule has 0 spiro atoms. The number of ether oxygens (including phenoxy) is 1. The second-order valence-corrected chi connectivity index (χ2v) is 6.96. The number of carbonyl (C=O) groups excluding carboxylic acids is 2. The van der Waals surface area contributed by atoms with Gasteiger partial charge < -0.3 is 15.4 Å². The molecule has 2 amide bonds. The fourth-order valence-electron chi connectivity index (χ4n) is 2.82. The van der Waals surface area contributed by atoms with Crippen molar-refractivity contribution < 1.29 is 14.3 Å². The fraction of sp³-hybridized carbons (Fsp3) is 0.174. The Bertz CT molecular complexity index is 1020. The van der Waals surface area contributed by atoms with Crippen molar-refractivity contribution in [2.75, 3.05) is 5.32 Å². The van der Waals surface area contributed by atoms with E-state index in [1.54, 1.807) is 60.9 Å². The Labute approximate surface area is 168 Å². The van der Waals surface area contributed by atoms with Crippen molar-refractivity contribution >= 4 is 17.5 Å². The molecule has 4 rings (SSSR count). The summed E-state index contributed by atoms with van der Waals surface area (Å²) in [6.45, 7) is 0.372. The van der Waals surface area contributed by atoms with Crippen LogP contribution in [0.4, 0.5) is 5.69 Å². The average Bonchev–Trinajstić information content (AvgIpc) is 3.57. The van der Waals surface area contributed by atoms with E-state index in [2.05, 4.69) is 15.6 Å². The van der Waals surface area contributed by atoms with Crippen molar-refractivity contribution in [2.45, 2.75) is 25.5 Å². The quantitative estimate of drug-likeness (QED) is 0.646. The minimum absolute atomic E-state index is 0.116. The van der Waals surface area contributed by atoms with Gasteiger partial charge in [-0.05, 0) is 55.3 Å². The molecule has 1 fully saturated rings. The predicted octanol–water partition coefficient (Wildman–Crippen LogP) is 3.81. The Balaban J connectivity index is 1.40. The highest BCUT2D eigenvalue weighted by molar-refractivity contribution is 6.05. The molecule has 0 radical (unpaired) electrons. The molecule has 1 aliphatic carbocycles. The van der Waals surface area contributed by atoms with Crippen LogP contribution < -0.4 is 15.4 Å². The Morgan fingerprint density at radius 3 is 2.52 bits per heavy atom. The van der Waals surface area contributed by atoms with E-state index in [4.69, 9.17) is 4.74 Å². The van der Waals surface area contributed by atoms with E-state index in [0.717, 1.165) is 18.4 Å². The van der Waals surface area contributed by atoms with Gasteiger partial charge in [-0.15, -0.1) is 0 Å². The van der Waals surface area contributed by atoms with E-state index in [1.807, 2.05) is 12.1 Å². The van der Waals surface area contributed by atoms with E-state index in [0.29, 0.717) is 29.2 Å². The normalized spacial score (nSPS) is 12.8. The number of nitrogens with zero attached hydrogens (tertiary/aromatic N) is 1. The van der Waals surface area contributed by atoms with Crippen molar-refractivity contribution in [2.24, 2.45) is 0 Å². The lowest BCUT2D eigenvalue weighted by molar-refractivity contribution is 0.0949. The molecule has 3 aromatic rings. The number of nitrogens with one attached hydrogen (secondary N) is 2. The zero-order valence-corrected chi connectivity index (χ0v) is 15.8. The van der Waals surface area contributed by atoms with Crippen LogP contribution in [0.5, 0.6) is 5.75 Å². The van der Waals surface area contributed by atoms with E-state index in [9.17, 15) is 9.59 Å². The maximum atomic E-state index is 12.6. The first-order chi connectivity index (χ1) is 14.2. The number of amides is 2. The minimum Gasteiger partial charge on any atom is -0.489 e. The van der Waals surface area contributed by atoms with Gasteiger partial charge in [0.1, 0.15) is 12.4 Å². The van der Waals surface area contributed by atoms with Crippen LogP contribution in [0.25, 0.3) is 0 Å². The summed E-state index contributed by atoms with van der Waals surface area (Å²) in [5.41, 5.74) is 2.52. The van der Waals surface area contributed by atoms with Crippen molar-refractivity contribution in [3.8, 4) is 5.75 Å². The lowest BCUT2D eigenvalue weighted by atomic mass is 10.1. The molecule has 29 heavy (non-hydrogen) atoms. The number of hydrogen-bond acceptors (Lipinski definition) is 4. The molecule has 0 saturated heterocycles. The van der Waals surface area contributed by atoms with Crippen LogP contribution in [0.2, 0.25) is 0 Å². The Morgan fingerprint density at radius 1 is 0.966 bits per heavy atom. The summed E-state index contributed by atoms with van der Waals surface area (Å²) in [7, 11) is 0. The smallest absolute Gasteiger partial charge is 0.255 e. The monoisotopic (exact) mass is 387 g/mol. The molecule has 6 nitrogen and oxygen atoms in total. The predicted molar refractivity (Wildman–Crippen MR) is 110 cm³/mol. The number of aromatic nitrogens is 1. The van der Waals surface area contributed by atoms with Gasteiger partial charge in [-0.25, -0.2) is 0 Å². The van der Waals surface area contributed by atoms with Crippen LogP contribution in [0.15, 0.2) is 73.1 Å². The molecule has 6 heteroatoms. The third kappa shape index (κ3) is 5.19. The first kappa shape index (κ1) is 18.7. The SMILES string of the molecule is O=C(Nc1cccc(C(=O)NC2CC2)c1)c1cccc(OCc2cccnc2)c1. The highest BCUT2D eigenvalue weighted by atomic mass is 16.5. The maximum Gasteiger partial charge on any atom is 0.255 e. The summed E-state index contributed by atoms with van der Waals surface area (Å²) in [6, 6.07) is 18.0. The van der Waals surface area contributed by atoms with Crippen molar-refractivity contribution in [3.05, 3.63) is 89.7 Å². The molecule has 2 aromatic carbocycles. The first-order valence-electron chi connectivity index (χ1n) is 9.51. The second-order valence-electron chi connectivity index (χ2n) is 6.96. The summed E-state index contributed by atoms with van der Waals surface area (Å²) in [4.78, 5) is 28.9. The average molecular weight is 387 g/mol. The topological polar surface area (TPSA) is 80.3 Å². The first-order valence-corrected chi connectivity index (χ1v) is 9.51. The van der Waals surface area contributed by atoms with Gasteiger partial charge in [-0.2, -0.15) is 0 Å². The third-order valence-electron chi connectivity index (χ3n) is 4.52. The van der Waals surface area contributed by atoms with E-state index < -0.39 is 0 Å². The molecule has 0 bridgehead atoms. The van der Waals surface area contributed by atoms with Gasteiger partial charge in [-0.1, -0.05) is 18.2 Å².